The van der Waals surface area contributed by atoms with Gasteiger partial charge in [-0.2, -0.15) is 5.26 Å². The zero-order valence-electron chi connectivity index (χ0n) is 25.2. The third-order valence-corrected chi connectivity index (χ3v) is 7.92. The molecule has 9 heteroatoms. The van der Waals surface area contributed by atoms with E-state index in [4.69, 9.17) is 0 Å². The van der Waals surface area contributed by atoms with Crippen LogP contribution in [0, 0.1) is 23.0 Å². The minimum atomic E-state index is -1.03. The number of carbonyl (C=O) groups excluding carboxylic acids is 1. The molecule has 6 rings (SSSR count). The Morgan fingerprint density at radius 3 is 2.34 bits per heavy atom. The molecular weight excluding hydrogens is 598 g/mol. The highest BCUT2D eigenvalue weighted by atomic mass is 19.1. The van der Waals surface area contributed by atoms with E-state index in [2.05, 4.69) is 10.6 Å². The molecule has 0 unspecified atom stereocenters. The number of carboxylic acid groups (broad SMARTS) is 1. The van der Waals surface area contributed by atoms with E-state index in [1.165, 1.54) is 30.3 Å². The summed E-state index contributed by atoms with van der Waals surface area (Å²) < 4.78 is 30.1. The Morgan fingerprint density at radius 2 is 1.62 bits per heavy atom. The van der Waals surface area contributed by atoms with E-state index in [1.54, 1.807) is 36.4 Å². The molecule has 0 fully saturated rings. The summed E-state index contributed by atoms with van der Waals surface area (Å²) in [4.78, 5) is 25.1. The summed E-state index contributed by atoms with van der Waals surface area (Å²) in [5.41, 5.74) is 5.57. The monoisotopic (exact) mass is 626 g/mol. The lowest BCUT2D eigenvalue weighted by Crippen LogP contribution is -2.27. The number of nitrogens with zero attached hydrogens (tertiary/aromatic N) is 2. The van der Waals surface area contributed by atoms with Gasteiger partial charge >= 0.3 is 5.97 Å². The van der Waals surface area contributed by atoms with Gasteiger partial charge in [0.15, 0.2) is 0 Å². The molecule has 5 aromatic carbocycles. The number of nitriles is 1. The average Bonchev–Trinajstić information content (AvgIpc) is 3.48. The smallest absolute Gasteiger partial charge is 0.335 e. The molecule has 0 spiro atoms. The van der Waals surface area contributed by atoms with Crippen LogP contribution in [0.2, 0.25) is 0 Å². The average molecular weight is 627 g/mol. The zero-order chi connectivity index (χ0) is 33.1. The Balaban J connectivity index is 1.38. The molecule has 3 N–H and O–H groups in total. The summed E-state index contributed by atoms with van der Waals surface area (Å²) in [5.74, 6) is -2.26. The number of aromatic nitrogens is 1. The van der Waals surface area contributed by atoms with Gasteiger partial charge in [0.25, 0.3) is 5.91 Å². The van der Waals surface area contributed by atoms with Gasteiger partial charge in [0, 0.05) is 29.5 Å². The molecule has 6 aromatic rings. The van der Waals surface area contributed by atoms with Crippen LogP contribution in [0.25, 0.3) is 22.0 Å². The van der Waals surface area contributed by atoms with Crippen LogP contribution in [0.4, 0.5) is 20.2 Å². The molecule has 0 saturated carbocycles. The first kappa shape index (κ1) is 30.7. The quantitative estimate of drug-likeness (QED) is 0.149. The van der Waals surface area contributed by atoms with Crippen molar-refractivity contribution in [2.45, 2.75) is 19.5 Å². The van der Waals surface area contributed by atoms with Gasteiger partial charge in [-0.15, -0.1) is 0 Å². The second kappa shape index (κ2) is 13.0. The van der Waals surface area contributed by atoms with E-state index in [9.17, 15) is 28.7 Å². The highest BCUT2D eigenvalue weighted by Crippen LogP contribution is 2.32. The highest BCUT2D eigenvalue weighted by molar-refractivity contribution is 6.10. The van der Waals surface area contributed by atoms with E-state index in [1.807, 2.05) is 60.2 Å². The van der Waals surface area contributed by atoms with Crippen molar-refractivity contribution >= 4 is 34.2 Å². The molecule has 0 aliphatic carbocycles. The molecule has 0 bridgehead atoms. The topological polar surface area (TPSA) is 107 Å². The van der Waals surface area contributed by atoms with Gasteiger partial charge in [0.05, 0.1) is 34.3 Å². The predicted octanol–water partition coefficient (Wildman–Crippen LogP) is 8.44. The number of benzene rings is 5. The normalized spacial score (nSPS) is 11.5. The van der Waals surface area contributed by atoms with E-state index in [-0.39, 0.29) is 22.9 Å². The number of carboxylic acids is 1. The molecule has 0 aliphatic rings. The molecule has 0 saturated heterocycles. The van der Waals surface area contributed by atoms with Crippen molar-refractivity contribution in [2.75, 3.05) is 5.32 Å². The number of hydrogen-bond acceptors (Lipinski definition) is 4. The fourth-order valence-electron chi connectivity index (χ4n) is 5.62. The fourth-order valence-corrected chi connectivity index (χ4v) is 5.62. The SMILES string of the molecule is C[C@H](NC(=O)c1ccc(Nc2cc(F)cc(C#N)c2)c2ccn(Cc3cccc(-c4cccc(F)c4)c3)c12)c1ccc(C(=O)O)cc1. The maximum Gasteiger partial charge on any atom is 0.335 e. The molecular formula is C38H28F2N4O3. The van der Waals surface area contributed by atoms with Crippen LogP contribution < -0.4 is 10.6 Å². The van der Waals surface area contributed by atoms with E-state index < -0.39 is 17.8 Å². The summed E-state index contributed by atoms with van der Waals surface area (Å²) in [6.07, 6.45) is 1.86. The Hall–Kier alpha value is -6.27. The van der Waals surface area contributed by atoms with Crippen LogP contribution in [0.5, 0.6) is 0 Å². The largest absolute Gasteiger partial charge is 0.478 e. The number of hydrogen-bond donors (Lipinski definition) is 3. The molecule has 0 radical (unpaired) electrons. The van der Waals surface area contributed by atoms with Crippen LogP contribution in [0.3, 0.4) is 0 Å². The summed E-state index contributed by atoms with van der Waals surface area (Å²) in [6, 6.07) is 31.2. The molecule has 1 amide bonds. The summed E-state index contributed by atoms with van der Waals surface area (Å²) in [5, 5.41) is 25.5. The van der Waals surface area contributed by atoms with Crippen molar-refractivity contribution in [3.05, 3.63) is 155 Å². The lowest BCUT2D eigenvalue weighted by molar-refractivity contribution is 0.0696. The van der Waals surface area contributed by atoms with E-state index in [0.717, 1.165) is 28.3 Å². The Morgan fingerprint density at radius 1 is 0.872 bits per heavy atom. The number of carbonyl (C=O) groups is 2. The van der Waals surface area contributed by atoms with Gasteiger partial charge in [0.1, 0.15) is 11.6 Å². The van der Waals surface area contributed by atoms with Gasteiger partial charge in [-0.1, -0.05) is 42.5 Å². The summed E-state index contributed by atoms with van der Waals surface area (Å²) in [6.45, 7) is 2.20. The minimum Gasteiger partial charge on any atom is -0.478 e. The maximum atomic E-state index is 14.2. The maximum absolute atomic E-state index is 14.2. The summed E-state index contributed by atoms with van der Waals surface area (Å²) in [7, 11) is 0. The first-order valence-corrected chi connectivity index (χ1v) is 14.8. The predicted molar refractivity (Wildman–Crippen MR) is 177 cm³/mol. The van der Waals surface area contributed by atoms with Gasteiger partial charge in [-0.3, -0.25) is 4.79 Å². The van der Waals surface area contributed by atoms with Gasteiger partial charge < -0.3 is 20.3 Å². The lowest BCUT2D eigenvalue weighted by Gasteiger charge is -2.18. The zero-order valence-corrected chi connectivity index (χ0v) is 25.2. The fraction of sp³-hybridized carbons (Fsp3) is 0.0789. The van der Waals surface area contributed by atoms with Crippen molar-refractivity contribution in [3.63, 3.8) is 0 Å². The number of halogens is 2. The van der Waals surface area contributed by atoms with Crippen molar-refractivity contribution in [3.8, 4) is 17.2 Å². The first-order chi connectivity index (χ1) is 22.7. The number of rotatable bonds is 9. The van der Waals surface area contributed by atoms with Crippen molar-refractivity contribution in [1.29, 1.82) is 5.26 Å². The third kappa shape index (κ3) is 6.72. The van der Waals surface area contributed by atoms with Crippen molar-refractivity contribution < 1.29 is 23.5 Å². The first-order valence-electron chi connectivity index (χ1n) is 14.8. The van der Waals surface area contributed by atoms with E-state index in [0.29, 0.717) is 34.4 Å². The number of nitrogens with one attached hydrogen (secondary N) is 2. The minimum absolute atomic E-state index is 0.150. The van der Waals surface area contributed by atoms with Crippen LogP contribution in [0.15, 0.2) is 115 Å². The number of amides is 1. The second-order valence-electron chi connectivity index (χ2n) is 11.2. The molecule has 1 atom stereocenters. The van der Waals surface area contributed by atoms with Gasteiger partial charge in [-0.05, 0) is 95.9 Å². The number of aromatic carboxylic acids is 1. The van der Waals surface area contributed by atoms with E-state index >= 15 is 0 Å². The number of anilines is 2. The molecule has 47 heavy (non-hydrogen) atoms. The van der Waals surface area contributed by atoms with Gasteiger partial charge in [0.2, 0.25) is 0 Å². The standard InChI is InChI=1S/C38H28F2N4O3/c1-23(26-8-10-27(11-9-26)38(46)47)42-37(45)34-12-13-35(43-32-18-25(21-41)17-31(40)20-32)33-14-15-44(36(33)34)22-24-4-2-5-28(16-24)29-6-3-7-30(39)19-29/h2-20,23,43H,22H2,1H3,(H,42,45)(H,46,47)/t23-/m0/s1. The highest BCUT2D eigenvalue weighted by Gasteiger charge is 2.20. The second-order valence-corrected chi connectivity index (χ2v) is 11.2. The van der Waals surface area contributed by atoms with Crippen LogP contribution in [-0.2, 0) is 6.54 Å². The lowest BCUT2D eigenvalue weighted by atomic mass is 10.0. The molecule has 1 aromatic heterocycles. The Labute approximate surface area is 269 Å². The van der Waals surface area contributed by atoms with Crippen molar-refractivity contribution in [2.24, 2.45) is 0 Å². The van der Waals surface area contributed by atoms with Gasteiger partial charge in [-0.25, -0.2) is 13.6 Å². The number of fused-ring (bicyclic) bond motifs is 1. The molecule has 232 valence electrons. The van der Waals surface area contributed by atoms with Crippen molar-refractivity contribution in [1.82, 2.24) is 9.88 Å². The van der Waals surface area contributed by atoms with Crippen LogP contribution in [0.1, 0.15) is 50.4 Å². The third-order valence-electron chi connectivity index (χ3n) is 7.92. The molecule has 1 heterocycles. The molecule has 7 nitrogen and oxygen atoms in total. The Kier molecular flexibility index (Phi) is 8.50. The van der Waals surface area contributed by atoms with Crippen LogP contribution >= 0.6 is 0 Å². The molecule has 0 aliphatic heterocycles. The van der Waals surface area contributed by atoms with Crippen LogP contribution in [-0.4, -0.2) is 21.6 Å². The summed E-state index contributed by atoms with van der Waals surface area (Å²) >= 11 is 0. The Bertz CT molecular complexity index is 2180.